The van der Waals surface area contributed by atoms with Gasteiger partial charge in [-0.1, -0.05) is 18.2 Å². The van der Waals surface area contributed by atoms with Gasteiger partial charge >= 0.3 is 6.18 Å². The van der Waals surface area contributed by atoms with E-state index in [0.29, 0.717) is 37.9 Å². The summed E-state index contributed by atoms with van der Waals surface area (Å²) in [5, 5.41) is 0. The van der Waals surface area contributed by atoms with Gasteiger partial charge in [-0.3, -0.25) is 14.6 Å². The zero-order valence-corrected chi connectivity index (χ0v) is 26.4. The van der Waals surface area contributed by atoms with Crippen molar-refractivity contribution in [2.45, 2.75) is 54.8 Å². The minimum Gasteiger partial charge on any atom is -0.370 e. The molecule has 2 fully saturated rings. The molecule has 4 rings (SSSR count). The molecule has 0 aliphatic carbocycles. The van der Waals surface area contributed by atoms with Gasteiger partial charge in [0.25, 0.3) is 10.0 Å². The van der Waals surface area contributed by atoms with Crippen LogP contribution < -0.4 is 9.62 Å². The molecule has 2 aromatic carbocycles. The average molecular weight is 655 g/mol. The minimum absolute atomic E-state index is 0.180. The van der Waals surface area contributed by atoms with Gasteiger partial charge in [-0.25, -0.2) is 22.2 Å². The topological polar surface area (TPSA) is 80.6 Å². The second kappa shape index (κ2) is 14.0. The van der Waals surface area contributed by atoms with Crippen LogP contribution in [0.2, 0.25) is 0 Å². The lowest BCUT2D eigenvalue weighted by atomic mass is 9.80. The molecule has 45 heavy (non-hydrogen) atoms. The number of allylic oxidation sites excluding steroid dienone is 1. The Balaban J connectivity index is 1.64. The number of piperidine rings is 1. The molecule has 2 aliphatic heterocycles. The average Bonchev–Trinajstić information content (AvgIpc) is 3.43. The molecule has 2 aliphatic rings. The highest BCUT2D eigenvalue weighted by Crippen LogP contribution is 2.38. The highest BCUT2D eigenvalue weighted by Gasteiger charge is 2.43. The molecule has 0 radical (unpaired) electrons. The molecule has 2 aromatic rings. The largest absolute Gasteiger partial charge is 0.416 e. The number of nitrogens with one attached hydrogen (secondary N) is 1. The molecule has 8 nitrogen and oxygen atoms in total. The highest BCUT2D eigenvalue weighted by atomic mass is 32.2. The van der Waals surface area contributed by atoms with E-state index >= 15 is 8.78 Å². The number of likely N-dealkylation sites (N-methyl/N-ethyl adjacent to an activating group) is 2. The van der Waals surface area contributed by atoms with E-state index < -0.39 is 43.8 Å². The first kappa shape index (κ1) is 34.5. The van der Waals surface area contributed by atoms with Crippen molar-refractivity contribution in [1.82, 2.24) is 14.5 Å². The van der Waals surface area contributed by atoms with Crippen LogP contribution in [0.5, 0.6) is 0 Å². The van der Waals surface area contributed by atoms with Crippen molar-refractivity contribution < 1.29 is 30.4 Å². The Morgan fingerprint density at radius 2 is 1.91 bits per heavy atom. The maximum absolute atomic E-state index is 15.4. The number of aliphatic imine (C=N–C) groups is 2. The number of hydrogen-bond donors (Lipinski definition) is 1. The van der Waals surface area contributed by atoms with Gasteiger partial charge < -0.3 is 9.80 Å². The Kier molecular flexibility index (Phi) is 10.7. The number of alkyl halides is 3. The lowest BCUT2D eigenvalue weighted by Gasteiger charge is -2.51. The number of aryl methyl sites for hydroxylation is 1. The smallest absolute Gasteiger partial charge is 0.370 e. The van der Waals surface area contributed by atoms with Gasteiger partial charge in [-0.05, 0) is 89.3 Å². The molecule has 246 valence electrons. The van der Waals surface area contributed by atoms with Crippen LogP contribution in [0.25, 0.3) is 0 Å². The Hall–Kier alpha value is -3.36. The van der Waals surface area contributed by atoms with Gasteiger partial charge in [0.05, 0.1) is 5.56 Å². The van der Waals surface area contributed by atoms with Crippen molar-refractivity contribution >= 4 is 28.6 Å². The van der Waals surface area contributed by atoms with E-state index in [1.54, 1.807) is 6.07 Å². The summed E-state index contributed by atoms with van der Waals surface area (Å²) in [6.45, 7) is 5.82. The van der Waals surface area contributed by atoms with Crippen LogP contribution in [0.1, 0.15) is 36.8 Å². The number of likely N-dealkylation sites (tertiary alicyclic amines) is 1. The molecule has 0 bridgehead atoms. The van der Waals surface area contributed by atoms with E-state index in [1.807, 2.05) is 23.7 Å². The fourth-order valence-corrected chi connectivity index (χ4v) is 7.48. The number of nitrogens with zero attached hydrogens (tertiary/aromatic N) is 5. The molecule has 0 saturated carbocycles. The van der Waals surface area contributed by atoms with E-state index in [1.165, 1.54) is 31.5 Å². The Bertz CT molecular complexity index is 1520. The van der Waals surface area contributed by atoms with Gasteiger partial charge in [0, 0.05) is 50.2 Å². The van der Waals surface area contributed by atoms with Crippen molar-refractivity contribution in [2.75, 3.05) is 52.2 Å². The van der Waals surface area contributed by atoms with Crippen LogP contribution in [0.3, 0.4) is 0 Å². The molecule has 0 spiro atoms. The molecular weight excluding hydrogens is 615 g/mol. The summed E-state index contributed by atoms with van der Waals surface area (Å²) in [6.07, 6.45) is 1.22. The van der Waals surface area contributed by atoms with E-state index in [-0.39, 0.29) is 17.6 Å². The van der Waals surface area contributed by atoms with Crippen LogP contribution >= 0.6 is 0 Å². The first-order valence-corrected chi connectivity index (χ1v) is 16.1. The number of anilines is 1. The number of halogens is 5. The third-order valence-electron chi connectivity index (χ3n) is 8.76. The predicted molar refractivity (Wildman–Crippen MR) is 166 cm³/mol. The molecule has 2 atom stereocenters. The lowest BCUT2D eigenvalue weighted by Crippen LogP contribution is -2.61. The Morgan fingerprint density at radius 1 is 1.20 bits per heavy atom. The van der Waals surface area contributed by atoms with Crippen LogP contribution in [0.4, 0.5) is 27.6 Å². The molecule has 0 aromatic heterocycles. The number of hydrogen-bond acceptors (Lipinski definition) is 7. The lowest BCUT2D eigenvalue weighted by molar-refractivity contribution is -0.137. The van der Waals surface area contributed by atoms with Crippen LogP contribution in [0, 0.1) is 11.6 Å². The van der Waals surface area contributed by atoms with E-state index in [2.05, 4.69) is 26.5 Å². The summed E-state index contributed by atoms with van der Waals surface area (Å²) in [6, 6.07) is 7.52. The molecular formula is C31H39F5N6O2S. The first-order valence-electron chi connectivity index (χ1n) is 14.6. The van der Waals surface area contributed by atoms with Gasteiger partial charge in [0.15, 0.2) is 4.90 Å². The summed E-state index contributed by atoms with van der Waals surface area (Å²) in [5.74, 6) is -2.79. The van der Waals surface area contributed by atoms with Crippen molar-refractivity contribution in [3.05, 3.63) is 71.1 Å². The fourth-order valence-electron chi connectivity index (χ4n) is 6.34. The SMILES string of the molecule is C=N/C(=C\C=NC)NS(=O)(=O)c1c(F)cc(N2CCC[C@](CCc3cccc(C(F)(F)F)c3)(N(C)[C@H]3CCN(C)C3)C2)cc1F. The molecule has 2 saturated heterocycles. The standard InChI is InChI=1S/C31H39F5N6O2S/c1-37-14-10-28(38-2)39-45(43,44)29-26(32)18-25(19-27(29)33)42-15-6-12-30(21-42,41(4)24-11-16-40(3)20-24)13-9-22-7-5-8-23(17-22)31(34,35)36/h5,7-8,10,14,17-19,24,39H,2,6,9,11-13,15-16,20-21H2,1,3-4H3/b28-10+,37-14?/t24-,30+/m0/s1. The van der Waals surface area contributed by atoms with Crippen LogP contribution in [-0.2, 0) is 22.6 Å². The van der Waals surface area contributed by atoms with Gasteiger partial charge in [0.1, 0.15) is 17.5 Å². The van der Waals surface area contributed by atoms with Crippen LogP contribution in [-0.4, -0.2) is 90.1 Å². The second-order valence-corrected chi connectivity index (χ2v) is 13.3. The summed E-state index contributed by atoms with van der Waals surface area (Å²) in [4.78, 5) is 12.4. The quantitative estimate of drug-likeness (QED) is 0.269. The Labute approximate surface area is 261 Å². The second-order valence-electron chi connectivity index (χ2n) is 11.7. The number of sulfonamides is 1. The molecule has 0 amide bonds. The summed E-state index contributed by atoms with van der Waals surface area (Å²) >= 11 is 0. The molecule has 0 unspecified atom stereocenters. The maximum Gasteiger partial charge on any atom is 0.416 e. The first-order chi connectivity index (χ1) is 21.2. The zero-order chi connectivity index (χ0) is 33.0. The highest BCUT2D eigenvalue weighted by molar-refractivity contribution is 7.89. The minimum atomic E-state index is -4.69. The maximum atomic E-state index is 15.4. The van der Waals surface area contributed by atoms with E-state index in [9.17, 15) is 21.6 Å². The summed E-state index contributed by atoms with van der Waals surface area (Å²) in [5.41, 5.74) is -0.479. The number of benzene rings is 2. The van der Waals surface area contributed by atoms with Gasteiger partial charge in [-0.2, -0.15) is 13.2 Å². The Morgan fingerprint density at radius 3 is 2.51 bits per heavy atom. The molecule has 1 N–H and O–H groups in total. The predicted octanol–water partition coefficient (Wildman–Crippen LogP) is 5.11. The summed E-state index contributed by atoms with van der Waals surface area (Å²) < 4.78 is 98.9. The third-order valence-corrected chi connectivity index (χ3v) is 10.2. The van der Waals surface area contributed by atoms with Gasteiger partial charge in [-0.15, -0.1) is 0 Å². The monoisotopic (exact) mass is 654 g/mol. The molecule has 14 heteroatoms. The van der Waals surface area contributed by atoms with Crippen molar-refractivity contribution in [1.29, 1.82) is 0 Å². The third kappa shape index (κ3) is 8.08. The summed E-state index contributed by atoms with van der Waals surface area (Å²) in [7, 11) is 0.814. The van der Waals surface area contributed by atoms with Crippen LogP contribution in [0.15, 0.2) is 63.2 Å². The fraction of sp³-hybridized carbons (Fsp3) is 0.484. The molecule has 2 heterocycles. The number of rotatable bonds is 11. The van der Waals surface area contributed by atoms with Crippen molar-refractivity contribution in [3.8, 4) is 0 Å². The van der Waals surface area contributed by atoms with E-state index in [4.69, 9.17) is 0 Å². The normalized spacial score (nSPS) is 22.0. The van der Waals surface area contributed by atoms with E-state index in [0.717, 1.165) is 44.1 Å². The van der Waals surface area contributed by atoms with Crippen molar-refractivity contribution in [3.63, 3.8) is 0 Å². The zero-order valence-electron chi connectivity index (χ0n) is 25.6. The van der Waals surface area contributed by atoms with Gasteiger partial charge in [0.2, 0.25) is 0 Å². The van der Waals surface area contributed by atoms with Crippen molar-refractivity contribution in [2.24, 2.45) is 9.98 Å².